The Labute approximate surface area is 126 Å². The summed E-state index contributed by atoms with van der Waals surface area (Å²) in [6.07, 6.45) is 0. The lowest BCUT2D eigenvalue weighted by atomic mass is 10.2. The highest BCUT2D eigenvalue weighted by Crippen LogP contribution is 2.28. The van der Waals surface area contributed by atoms with E-state index in [1.165, 1.54) is 11.3 Å². The van der Waals surface area contributed by atoms with Crippen molar-refractivity contribution in [3.63, 3.8) is 0 Å². The van der Waals surface area contributed by atoms with E-state index in [-0.39, 0.29) is 11.5 Å². The van der Waals surface area contributed by atoms with Crippen LogP contribution in [0.15, 0.2) is 30.3 Å². The third kappa shape index (κ3) is 3.41. The molecule has 0 fully saturated rings. The van der Waals surface area contributed by atoms with Gasteiger partial charge in [-0.15, -0.1) is 11.3 Å². The lowest BCUT2D eigenvalue weighted by molar-refractivity contribution is 0.0698. The van der Waals surface area contributed by atoms with Crippen molar-refractivity contribution in [2.24, 2.45) is 0 Å². The van der Waals surface area contributed by atoms with Gasteiger partial charge in [0, 0.05) is 30.2 Å². The summed E-state index contributed by atoms with van der Waals surface area (Å²) in [5.41, 5.74) is 1.60. The number of amides is 1. The Morgan fingerprint density at radius 3 is 2.33 bits per heavy atom. The Hall–Kier alpha value is -2.34. The zero-order chi connectivity index (χ0) is 15.6. The molecule has 5 nitrogen and oxygen atoms in total. The van der Waals surface area contributed by atoms with Gasteiger partial charge in [0.2, 0.25) is 0 Å². The first-order valence-corrected chi connectivity index (χ1v) is 7.12. The van der Waals surface area contributed by atoms with E-state index in [0.717, 1.165) is 10.6 Å². The normalized spacial score (nSPS) is 10.2. The Morgan fingerprint density at radius 2 is 1.81 bits per heavy atom. The fourth-order valence-electron chi connectivity index (χ4n) is 1.85. The number of thiophene rings is 1. The largest absolute Gasteiger partial charge is 0.478 e. The number of rotatable bonds is 4. The van der Waals surface area contributed by atoms with Crippen LogP contribution in [-0.4, -0.2) is 31.1 Å². The molecule has 110 valence electrons. The second kappa shape index (κ2) is 5.97. The maximum absolute atomic E-state index is 12.2. The number of carbonyl (C=O) groups is 2. The van der Waals surface area contributed by atoms with Crippen LogP contribution in [0, 0.1) is 6.92 Å². The van der Waals surface area contributed by atoms with Gasteiger partial charge in [-0.25, -0.2) is 4.79 Å². The lowest BCUT2D eigenvalue weighted by Crippen LogP contribution is -2.14. The van der Waals surface area contributed by atoms with E-state index in [9.17, 15) is 9.59 Å². The standard InChI is InChI=1S/C15H16N2O3S/c1-9-8-12(15(19)20)14(21-9)16-13(18)10-4-6-11(7-5-10)17(2)3/h4-8H,1-3H3,(H,16,18)(H,19,20). The van der Waals surface area contributed by atoms with Gasteiger partial charge in [0.1, 0.15) is 5.00 Å². The van der Waals surface area contributed by atoms with Crippen molar-refractivity contribution in [3.8, 4) is 0 Å². The molecular formula is C15H16N2O3S. The summed E-state index contributed by atoms with van der Waals surface area (Å²) in [5.74, 6) is -1.36. The lowest BCUT2D eigenvalue weighted by Gasteiger charge is -2.12. The molecule has 1 amide bonds. The predicted molar refractivity (Wildman–Crippen MR) is 84.7 cm³/mol. The molecule has 0 aliphatic carbocycles. The maximum atomic E-state index is 12.2. The van der Waals surface area contributed by atoms with E-state index in [1.54, 1.807) is 25.1 Å². The molecular weight excluding hydrogens is 288 g/mol. The first kappa shape index (κ1) is 15.1. The molecule has 0 spiro atoms. The molecule has 6 heteroatoms. The monoisotopic (exact) mass is 304 g/mol. The number of aryl methyl sites for hydroxylation is 1. The van der Waals surface area contributed by atoms with Crippen LogP contribution in [0.5, 0.6) is 0 Å². The van der Waals surface area contributed by atoms with Crippen LogP contribution in [0.1, 0.15) is 25.6 Å². The first-order chi connectivity index (χ1) is 9.88. The SMILES string of the molecule is Cc1cc(C(=O)O)c(NC(=O)c2ccc(N(C)C)cc2)s1. The molecule has 2 aromatic rings. The third-order valence-electron chi connectivity index (χ3n) is 2.96. The van der Waals surface area contributed by atoms with Crippen LogP contribution in [-0.2, 0) is 0 Å². The van der Waals surface area contributed by atoms with Crippen molar-refractivity contribution in [1.29, 1.82) is 0 Å². The highest BCUT2D eigenvalue weighted by Gasteiger charge is 2.16. The van der Waals surface area contributed by atoms with Crippen molar-refractivity contribution in [2.45, 2.75) is 6.92 Å². The van der Waals surface area contributed by atoms with Crippen molar-refractivity contribution in [3.05, 3.63) is 46.3 Å². The van der Waals surface area contributed by atoms with E-state index in [0.29, 0.717) is 10.6 Å². The van der Waals surface area contributed by atoms with Gasteiger partial charge in [-0.05, 0) is 37.3 Å². The highest BCUT2D eigenvalue weighted by molar-refractivity contribution is 7.16. The van der Waals surface area contributed by atoms with Crippen LogP contribution in [0.25, 0.3) is 0 Å². The van der Waals surface area contributed by atoms with Crippen LogP contribution in [0.2, 0.25) is 0 Å². The topological polar surface area (TPSA) is 69.6 Å². The number of carboxylic acid groups (broad SMARTS) is 1. The van der Waals surface area contributed by atoms with E-state index < -0.39 is 5.97 Å². The molecule has 2 rings (SSSR count). The molecule has 1 aromatic heterocycles. The maximum Gasteiger partial charge on any atom is 0.338 e. The van der Waals surface area contributed by atoms with Gasteiger partial charge >= 0.3 is 5.97 Å². The molecule has 0 aliphatic heterocycles. The number of carboxylic acids is 1. The summed E-state index contributed by atoms with van der Waals surface area (Å²) in [7, 11) is 3.84. The third-order valence-corrected chi connectivity index (χ3v) is 3.92. The molecule has 0 atom stereocenters. The zero-order valence-electron chi connectivity index (χ0n) is 12.0. The summed E-state index contributed by atoms with van der Waals surface area (Å²) in [5, 5.41) is 12.1. The fourth-order valence-corrected chi connectivity index (χ4v) is 2.75. The Balaban J connectivity index is 2.20. The Kier molecular flexibility index (Phi) is 4.28. The molecule has 0 saturated heterocycles. The van der Waals surface area contributed by atoms with Gasteiger partial charge in [0.05, 0.1) is 5.56 Å². The van der Waals surface area contributed by atoms with Crippen LogP contribution >= 0.6 is 11.3 Å². The molecule has 1 aromatic carbocycles. The number of benzene rings is 1. The average molecular weight is 304 g/mol. The van der Waals surface area contributed by atoms with Gasteiger partial charge in [-0.2, -0.15) is 0 Å². The number of hydrogen-bond donors (Lipinski definition) is 2. The van der Waals surface area contributed by atoms with E-state index in [4.69, 9.17) is 5.11 Å². The smallest absolute Gasteiger partial charge is 0.338 e. The molecule has 0 aliphatic rings. The number of anilines is 2. The highest BCUT2D eigenvalue weighted by atomic mass is 32.1. The first-order valence-electron chi connectivity index (χ1n) is 6.31. The minimum absolute atomic E-state index is 0.121. The summed E-state index contributed by atoms with van der Waals surface area (Å²) in [6.45, 7) is 1.80. The summed E-state index contributed by atoms with van der Waals surface area (Å²) in [6, 6.07) is 8.66. The van der Waals surface area contributed by atoms with Crippen molar-refractivity contribution >= 4 is 33.9 Å². The number of carbonyl (C=O) groups excluding carboxylic acids is 1. The molecule has 0 saturated carbocycles. The molecule has 0 unspecified atom stereocenters. The fraction of sp³-hybridized carbons (Fsp3) is 0.200. The second-order valence-corrected chi connectivity index (χ2v) is 6.06. The minimum Gasteiger partial charge on any atom is -0.478 e. The van der Waals surface area contributed by atoms with Crippen molar-refractivity contribution < 1.29 is 14.7 Å². The summed E-state index contributed by atoms with van der Waals surface area (Å²) < 4.78 is 0. The van der Waals surface area contributed by atoms with E-state index in [2.05, 4.69) is 5.32 Å². The predicted octanol–water partition coefficient (Wildman–Crippen LogP) is 3.07. The van der Waals surface area contributed by atoms with E-state index >= 15 is 0 Å². The second-order valence-electron chi connectivity index (χ2n) is 4.80. The molecule has 21 heavy (non-hydrogen) atoms. The quantitative estimate of drug-likeness (QED) is 0.910. The van der Waals surface area contributed by atoms with Crippen LogP contribution in [0.3, 0.4) is 0 Å². The van der Waals surface area contributed by atoms with Crippen molar-refractivity contribution in [1.82, 2.24) is 0 Å². The van der Waals surface area contributed by atoms with Crippen LogP contribution in [0.4, 0.5) is 10.7 Å². The Morgan fingerprint density at radius 1 is 1.19 bits per heavy atom. The minimum atomic E-state index is -1.04. The number of hydrogen-bond acceptors (Lipinski definition) is 4. The van der Waals surface area contributed by atoms with Gasteiger partial charge < -0.3 is 15.3 Å². The van der Waals surface area contributed by atoms with Gasteiger partial charge in [0.15, 0.2) is 0 Å². The average Bonchev–Trinajstić information content (AvgIpc) is 2.80. The molecule has 1 heterocycles. The van der Waals surface area contributed by atoms with Gasteiger partial charge in [-0.1, -0.05) is 0 Å². The van der Waals surface area contributed by atoms with Gasteiger partial charge in [0.25, 0.3) is 5.91 Å². The number of aromatic carboxylic acids is 1. The molecule has 0 bridgehead atoms. The van der Waals surface area contributed by atoms with Gasteiger partial charge in [-0.3, -0.25) is 4.79 Å². The number of nitrogens with zero attached hydrogens (tertiary/aromatic N) is 1. The van der Waals surface area contributed by atoms with Crippen LogP contribution < -0.4 is 10.2 Å². The molecule has 2 N–H and O–H groups in total. The summed E-state index contributed by atoms with van der Waals surface area (Å²) in [4.78, 5) is 26.1. The Bertz CT molecular complexity index is 675. The zero-order valence-corrected chi connectivity index (χ0v) is 12.8. The van der Waals surface area contributed by atoms with E-state index in [1.807, 2.05) is 31.1 Å². The molecule has 0 radical (unpaired) electrons. The van der Waals surface area contributed by atoms with Crippen molar-refractivity contribution in [2.75, 3.05) is 24.3 Å². The number of nitrogens with one attached hydrogen (secondary N) is 1. The summed E-state index contributed by atoms with van der Waals surface area (Å²) >= 11 is 1.25.